The molecule has 0 saturated carbocycles. The first-order valence-corrected chi connectivity index (χ1v) is 15.2. The number of hydrogen-bond acceptors (Lipinski definition) is 7. The van der Waals surface area contributed by atoms with Crippen molar-refractivity contribution in [1.29, 1.82) is 5.26 Å². The minimum Gasteiger partial charge on any atom is -0.489 e. The van der Waals surface area contributed by atoms with Gasteiger partial charge in [-0.3, -0.25) is 9.69 Å². The summed E-state index contributed by atoms with van der Waals surface area (Å²) in [5.41, 5.74) is -0.644. The van der Waals surface area contributed by atoms with Crippen LogP contribution in [0.15, 0.2) is 47.4 Å². The molecule has 44 heavy (non-hydrogen) atoms. The van der Waals surface area contributed by atoms with E-state index in [1.165, 1.54) is 18.2 Å². The number of piperidine rings is 2. The zero-order valence-corrected chi connectivity index (χ0v) is 24.2. The van der Waals surface area contributed by atoms with Crippen LogP contribution in [-0.4, -0.2) is 86.0 Å². The van der Waals surface area contributed by atoms with Crippen LogP contribution in [0.25, 0.3) is 0 Å². The molecule has 9 nitrogen and oxygen atoms in total. The molecule has 4 rings (SSSR count). The summed E-state index contributed by atoms with van der Waals surface area (Å²) in [6, 6.07) is 11.2. The van der Waals surface area contributed by atoms with Gasteiger partial charge in [0, 0.05) is 44.0 Å². The number of benzene rings is 2. The molecule has 2 fully saturated rings. The Balaban J connectivity index is 0.000000676. The van der Waals surface area contributed by atoms with Gasteiger partial charge in [0.2, 0.25) is 0 Å². The van der Waals surface area contributed by atoms with Crippen LogP contribution in [0.1, 0.15) is 47.2 Å². The fourth-order valence-electron chi connectivity index (χ4n) is 4.91. The van der Waals surface area contributed by atoms with Gasteiger partial charge in [-0.2, -0.15) is 31.6 Å². The van der Waals surface area contributed by atoms with Crippen molar-refractivity contribution in [3.63, 3.8) is 0 Å². The predicted molar refractivity (Wildman–Crippen MR) is 144 cm³/mol. The molecular weight excluding hydrogens is 620 g/mol. The standard InChI is InChI=1S/C26H28F3N3O4S.C2HF3O2/c1-37(34,35)23-4-2-3-18(16-23)25(33)32-11-7-21(8-12-32)31-13-9-22(10-14-31)36-24-6-5-20(26(27,28)29)15-19(24)17-30;3-2(4,5)1(6)7/h2-6,15-16,21-22H,7-14H2,1H3;(H,6,7). The van der Waals surface area contributed by atoms with E-state index in [2.05, 4.69) is 4.90 Å². The van der Waals surface area contributed by atoms with Gasteiger partial charge in [0.1, 0.15) is 17.9 Å². The van der Waals surface area contributed by atoms with Gasteiger partial charge in [-0.05, 0) is 62.1 Å². The summed E-state index contributed by atoms with van der Waals surface area (Å²) in [7, 11) is -3.40. The fraction of sp³-hybridized carbons (Fsp3) is 0.464. The number of carbonyl (C=O) groups excluding carboxylic acids is 1. The van der Waals surface area contributed by atoms with E-state index in [1.807, 2.05) is 0 Å². The van der Waals surface area contributed by atoms with Gasteiger partial charge >= 0.3 is 18.3 Å². The lowest BCUT2D eigenvalue weighted by atomic mass is 9.98. The Morgan fingerprint density at radius 3 is 2.05 bits per heavy atom. The van der Waals surface area contributed by atoms with E-state index in [4.69, 9.17) is 14.6 Å². The van der Waals surface area contributed by atoms with Gasteiger partial charge in [0.15, 0.2) is 9.84 Å². The maximum Gasteiger partial charge on any atom is 0.490 e. The van der Waals surface area contributed by atoms with E-state index in [0.29, 0.717) is 37.5 Å². The minimum atomic E-state index is -5.08. The largest absolute Gasteiger partial charge is 0.490 e. The van der Waals surface area contributed by atoms with Gasteiger partial charge in [-0.25, -0.2) is 13.2 Å². The summed E-state index contributed by atoms with van der Waals surface area (Å²) in [6.45, 7) is 2.64. The van der Waals surface area contributed by atoms with Crippen molar-refractivity contribution >= 4 is 21.7 Å². The SMILES string of the molecule is CS(=O)(=O)c1cccc(C(=O)N2CCC(N3CCC(Oc4ccc(C(F)(F)F)cc4C#N)CC3)CC2)c1.O=C(O)C(F)(F)F. The Bertz CT molecular complexity index is 1490. The second-order valence-corrected chi connectivity index (χ2v) is 12.3. The van der Waals surface area contributed by atoms with E-state index in [-0.39, 0.29) is 28.2 Å². The van der Waals surface area contributed by atoms with Crippen molar-refractivity contribution in [2.75, 3.05) is 32.4 Å². The molecule has 2 saturated heterocycles. The first-order chi connectivity index (χ1) is 20.4. The number of alkyl halides is 6. The van der Waals surface area contributed by atoms with E-state index >= 15 is 0 Å². The van der Waals surface area contributed by atoms with Gasteiger partial charge in [0.25, 0.3) is 5.91 Å². The van der Waals surface area contributed by atoms with Crippen molar-refractivity contribution in [1.82, 2.24) is 9.80 Å². The lowest BCUT2D eigenvalue weighted by Crippen LogP contribution is -2.50. The molecule has 0 atom stereocenters. The molecule has 0 aliphatic carbocycles. The van der Waals surface area contributed by atoms with Crippen molar-refractivity contribution in [3.05, 3.63) is 59.2 Å². The van der Waals surface area contributed by atoms with Crippen LogP contribution in [-0.2, 0) is 20.8 Å². The lowest BCUT2D eigenvalue weighted by molar-refractivity contribution is -0.192. The monoisotopic (exact) mass is 649 g/mol. The zero-order valence-electron chi connectivity index (χ0n) is 23.4. The van der Waals surface area contributed by atoms with Crippen LogP contribution in [0, 0.1) is 11.3 Å². The second-order valence-electron chi connectivity index (χ2n) is 10.3. The lowest BCUT2D eigenvalue weighted by Gasteiger charge is -2.41. The third-order valence-electron chi connectivity index (χ3n) is 7.22. The normalized spacial score (nSPS) is 17.3. The number of carbonyl (C=O) groups is 2. The van der Waals surface area contributed by atoms with E-state index in [1.54, 1.807) is 23.1 Å². The highest BCUT2D eigenvalue weighted by atomic mass is 32.2. The molecule has 0 radical (unpaired) electrons. The molecule has 2 aliphatic heterocycles. The molecule has 0 aromatic heterocycles. The molecule has 0 spiro atoms. The van der Waals surface area contributed by atoms with Gasteiger partial charge in [-0.1, -0.05) is 6.07 Å². The number of nitrogens with zero attached hydrogens (tertiary/aromatic N) is 3. The smallest absolute Gasteiger partial charge is 0.489 e. The van der Waals surface area contributed by atoms with Gasteiger partial charge in [0.05, 0.1) is 16.0 Å². The number of halogens is 6. The van der Waals surface area contributed by atoms with Gasteiger partial charge in [-0.15, -0.1) is 0 Å². The van der Waals surface area contributed by atoms with Crippen LogP contribution in [0.4, 0.5) is 26.3 Å². The average molecular weight is 650 g/mol. The predicted octanol–water partition coefficient (Wildman–Crippen LogP) is 4.76. The molecule has 2 aliphatic rings. The Morgan fingerprint density at radius 1 is 0.955 bits per heavy atom. The minimum absolute atomic E-state index is 0.122. The van der Waals surface area contributed by atoms with Crippen molar-refractivity contribution in [2.24, 2.45) is 0 Å². The highest BCUT2D eigenvalue weighted by Gasteiger charge is 2.38. The van der Waals surface area contributed by atoms with Crippen LogP contribution >= 0.6 is 0 Å². The molecule has 16 heteroatoms. The number of hydrogen-bond donors (Lipinski definition) is 1. The quantitative estimate of drug-likeness (QED) is 0.460. The van der Waals surface area contributed by atoms with Gasteiger partial charge < -0.3 is 14.7 Å². The number of rotatable bonds is 5. The Kier molecular flexibility index (Phi) is 10.9. The number of carboxylic acid groups (broad SMARTS) is 1. The summed E-state index contributed by atoms with van der Waals surface area (Å²) < 4.78 is 100. The van der Waals surface area contributed by atoms with Crippen LogP contribution < -0.4 is 4.74 Å². The molecule has 0 bridgehead atoms. The van der Waals surface area contributed by atoms with Crippen molar-refractivity contribution in [3.8, 4) is 11.8 Å². The maximum atomic E-state index is 12.9. The highest BCUT2D eigenvalue weighted by Crippen LogP contribution is 2.33. The van der Waals surface area contributed by atoms with E-state index in [9.17, 15) is 44.8 Å². The number of amides is 1. The van der Waals surface area contributed by atoms with Crippen LogP contribution in [0.5, 0.6) is 5.75 Å². The zero-order chi connectivity index (χ0) is 32.9. The number of ether oxygens (including phenoxy) is 1. The molecule has 2 heterocycles. The highest BCUT2D eigenvalue weighted by molar-refractivity contribution is 7.90. The first-order valence-electron chi connectivity index (χ1n) is 13.3. The van der Waals surface area contributed by atoms with Crippen LogP contribution in [0.3, 0.4) is 0 Å². The number of sulfone groups is 1. The van der Waals surface area contributed by atoms with Crippen molar-refractivity contribution in [2.45, 2.75) is 55.1 Å². The summed E-state index contributed by atoms with van der Waals surface area (Å²) in [5, 5.41) is 16.4. The average Bonchev–Trinajstić information content (AvgIpc) is 2.96. The maximum absolute atomic E-state index is 12.9. The van der Waals surface area contributed by atoms with Crippen molar-refractivity contribution < 1.29 is 54.2 Å². The Morgan fingerprint density at radius 2 is 1.55 bits per heavy atom. The third kappa shape index (κ3) is 9.33. The summed E-state index contributed by atoms with van der Waals surface area (Å²) in [6.07, 6.45) is -5.73. The van der Waals surface area contributed by atoms with Crippen LogP contribution in [0.2, 0.25) is 0 Å². The topological polar surface area (TPSA) is 128 Å². The molecule has 2 aromatic rings. The summed E-state index contributed by atoms with van der Waals surface area (Å²) in [4.78, 5) is 26.0. The molecular formula is C28H29F6N3O6S. The molecule has 1 N–H and O–H groups in total. The fourth-order valence-corrected chi connectivity index (χ4v) is 5.58. The number of aliphatic carboxylic acids is 1. The Labute approximate surface area is 249 Å². The summed E-state index contributed by atoms with van der Waals surface area (Å²) in [5.74, 6) is -2.77. The molecule has 0 unspecified atom stereocenters. The number of carboxylic acids is 1. The Hall–Kier alpha value is -3.84. The molecule has 2 aromatic carbocycles. The third-order valence-corrected chi connectivity index (χ3v) is 8.33. The van der Waals surface area contributed by atoms with E-state index < -0.39 is 33.7 Å². The second kappa shape index (κ2) is 13.9. The summed E-state index contributed by atoms with van der Waals surface area (Å²) >= 11 is 0. The first kappa shape index (κ1) is 34.6. The molecule has 240 valence electrons. The molecule has 1 amide bonds. The number of likely N-dealkylation sites (tertiary alicyclic amines) is 2. The van der Waals surface area contributed by atoms with E-state index in [0.717, 1.165) is 44.3 Å². The number of nitriles is 1.